The average Bonchev–Trinajstić information content (AvgIpc) is 2.32. The topological polar surface area (TPSA) is 59.4 Å². The van der Waals surface area contributed by atoms with Crippen LogP contribution in [0, 0.1) is 0 Å². The molecular formula is C12H8BrNO3. The maximum absolute atomic E-state index is 10.8. The average molecular weight is 294 g/mol. The van der Waals surface area contributed by atoms with E-state index in [1.54, 1.807) is 30.5 Å². The Morgan fingerprint density at radius 2 is 2.12 bits per heavy atom. The number of nitrogens with zero attached hydrogens (tertiary/aromatic N) is 1. The number of rotatable bonds is 3. The lowest BCUT2D eigenvalue weighted by atomic mass is 10.2. The number of ether oxygens (including phenoxy) is 1. The minimum Gasteiger partial charge on any atom is -0.478 e. The summed E-state index contributed by atoms with van der Waals surface area (Å²) in [6, 6.07) is 9.81. The smallest absolute Gasteiger partial charge is 0.335 e. The van der Waals surface area contributed by atoms with Gasteiger partial charge in [-0.25, -0.2) is 9.78 Å². The third-order valence-corrected chi connectivity index (χ3v) is 2.62. The summed E-state index contributed by atoms with van der Waals surface area (Å²) in [5, 5.41) is 8.85. The maximum atomic E-state index is 10.8. The van der Waals surface area contributed by atoms with E-state index in [-0.39, 0.29) is 5.56 Å². The lowest BCUT2D eigenvalue weighted by Crippen LogP contribution is -1.96. The summed E-state index contributed by atoms with van der Waals surface area (Å²) in [5.74, 6) is -0.158. The van der Waals surface area contributed by atoms with Crippen LogP contribution in [0.25, 0.3) is 0 Å². The second-order valence-corrected chi connectivity index (χ2v) is 4.08. The molecule has 86 valence electrons. The Labute approximate surface area is 106 Å². The van der Waals surface area contributed by atoms with Crippen molar-refractivity contribution in [2.45, 2.75) is 0 Å². The van der Waals surface area contributed by atoms with E-state index in [2.05, 4.69) is 20.9 Å². The van der Waals surface area contributed by atoms with E-state index in [0.717, 1.165) is 0 Å². The number of halogens is 1. The summed E-state index contributed by atoms with van der Waals surface area (Å²) in [5.41, 5.74) is 0.176. The van der Waals surface area contributed by atoms with Gasteiger partial charge in [0.15, 0.2) is 0 Å². The normalized spacial score (nSPS) is 9.94. The summed E-state index contributed by atoms with van der Waals surface area (Å²) in [6.45, 7) is 0. The van der Waals surface area contributed by atoms with Crippen molar-refractivity contribution in [2.75, 3.05) is 0 Å². The molecule has 2 rings (SSSR count). The van der Waals surface area contributed by atoms with Crippen LogP contribution in [-0.4, -0.2) is 16.1 Å². The highest BCUT2D eigenvalue weighted by molar-refractivity contribution is 9.10. The molecule has 0 amide bonds. The molecule has 17 heavy (non-hydrogen) atoms. The van der Waals surface area contributed by atoms with Gasteiger partial charge in [-0.2, -0.15) is 0 Å². The monoisotopic (exact) mass is 293 g/mol. The Kier molecular flexibility index (Phi) is 3.39. The predicted molar refractivity (Wildman–Crippen MR) is 65.4 cm³/mol. The molecule has 0 aliphatic carbocycles. The van der Waals surface area contributed by atoms with E-state index in [1.165, 1.54) is 12.1 Å². The third kappa shape index (κ3) is 2.82. The van der Waals surface area contributed by atoms with Crippen molar-refractivity contribution in [1.29, 1.82) is 0 Å². The van der Waals surface area contributed by atoms with Gasteiger partial charge in [0.2, 0.25) is 5.88 Å². The fourth-order valence-electron chi connectivity index (χ4n) is 1.25. The molecule has 0 atom stereocenters. The van der Waals surface area contributed by atoms with Crippen molar-refractivity contribution < 1.29 is 14.6 Å². The number of carboxylic acids is 1. The van der Waals surface area contributed by atoms with Crippen molar-refractivity contribution in [3.05, 3.63) is 52.6 Å². The standard InChI is InChI=1S/C12H8BrNO3/c13-10-5-2-6-14-11(10)17-9-4-1-3-8(7-9)12(15)16/h1-7H,(H,15,16). The fourth-order valence-corrected chi connectivity index (χ4v) is 1.59. The zero-order valence-corrected chi connectivity index (χ0v) is 10.2. The number of benzene rings is 1. The first-order chi connectivity index (χ1) is 8.16. The van der Waals surface area contributed by atoms with E-state index >= 15 is 0 Å². The zero-order valence-electron chi connectivity index (χ0n) is 8.63. The van der Waals surface area contributed by atoms with E-state index in [1.807, 2.05) is 0 Å². The van der Waals surface area contributed by atoms with Crippen LogP contribution in [0.2, 0.25) is 0 Å². The van der Waals surface area contributed by atoms with Gasteiger partial charge in [0.1, 0.15) is 5.75 Å². The molecule has 1 aromatic heterocycles. The third-order valence-electron chi connectivity index (χ3n) is 2.02. The van der Waals surface area contributed by atoms with E-state index in [9.17, 15) is 4.79 Å². The molecule has 5 heteroatoms. The number of hydrogen-bond acceptors (Lipinski definition) is 3. The van der Waals surface area contributed by atoms with Gasteiger partial charge in [-0.3, -0.25) is 0 Å². The summed E-state index contributed by atoms with van der Waals surface area (Å²) in [6.07, 6.45) is 1.60. The molecule has 0 radical (unpaired) electrons. The number of aromatic nitrogens is 1. The first-order valence-electron chi connectivity index (χ1n) is 4.78. The molecule has 0 spiro atoms. The van der Waals surface area contributed by atoms with Crippen molar-refractivity contribution in [2.24, 2.45) is 0 Å². The second kappa shape index (κ2) is 4.97. The molecule has 0 fully saturated rings. The summed E-state index contributed by atoms with van der Waals surface area (Å²) in [7, 11) is 0. The number of carboxylic acid groups (broad SMARTS) is 1. The van der Waals surface area contributed by atoms with Crippen LogP contribution < -0.4 is 4.74 Å². The first-order valence-corrected chi connectivity index (χ1v) is 5.58. The number of pyridine rings is 1. The SMILES string of the molecule is O=C(O)c1cccc(Oc2ncccc2Br)c1. The highest BCUT2D eigenvalue weighted by Gasteiger charge is 2.06. The maximum Gasteiger partial charge on any atom is 0.335 e. The van der Waals surface area contributed by atoms with Gasteiger partial charge in [-0.1, -0.05) is 6.07 Å². The molecule has 0 bridgehead atoms. The molecule has 0 aliphatic heterocycles. The summed E-state index contributed by atoms with van der Waals surface area (Å²) >= 11 is 3.30. The zero-order chi connectivity index (χ0) is 12.3. The Morgan fingerprint density at radius 3 is 2.82 bits per heavy atom. The molecular weight excluding hydrogens is 286 g/mol. The van der Waals surface area contributed by atoms with Crippen molar-refractivity contribution >= 4 is 21.9 Å². The fraction of sp³-hybridized carbons (Fsp3) is 0. The molecule has 2 aromatic rings. The first kappa shape index (κ1) is 11.6. The molecule has 1 heterocycles. The largest absolute Gasteiger partial charge is 0.478 e. The van der Waals surface area contributed by atoms with Crippen LogP contribution in [0.15, 0.2) is 47.1 Å². The van der Waals surface area contributed by atoms with E-state index in [0.29, 0.717) is 16.1 Å². The number of hydrogen-bond donors (Lipinski definition) is 1. The Balaban J connectivity index is 2.28. The van der Waals surface area contributed by atoms with Crippen LogP contribution in [0.3, 0.4) is 0 Å². The molecule has 0 unspecified atom stereocenters. The van der Waals surface area contributed by atoms with Gasteiger partial charge in [-0.15, -0.1) is 0 Å². The van der Waals surface area contributed by atoms with Gasteiger partial charge in [-0.05, 0) is 46.3 Å². The van der Waals surface area contributed by atoms with Gasteiger partial charge < -0.3 is 9.84 Å². The van der Waals surface area contributed by atoms with Crippen molar-refractivity contribution in [1.82, 2.24) is 4.98 Å². The van der Waals surface area contributed by atoms with E-state index < -0.39 is 5.97 Å². The van der Waals surface area contributed by atoms with Crippen molar-refractivity contribution in [3.63, 3.8) is 0 Å². The van der Waals surface area contributed by atoms with Crippen LogP contribution in [-0.2, 0) is 0 Å². The van der Waals surface area contributed by atoms with Gasteiger partial charge >= 0.3 is 5.97 Å². The minimum atomic E-state index is -0.990. The second-order valence-electron chi connectivity index (χ2n) is 3.23. The molecule has 1 aromatic carbocycles. The lowest BCUT2D eigenvalue weighted by Gasteiger charge is -2.06. The lowest BCUT2D eigenvalue weighted by molar-refractivity contribution is 0.0696. The highest BCUT2D eigenvalue weighted by atomic mass is 79.9. The number of carbonyl (C=O) groups is 1. The predicted octanol–water partition coefficient (Wildman–Crippen LogP) is 3.33. The van der Waals surface area contributed by atoms with Gasteiger partial charge in [0, 0.05) is 6.20 Å². The van der Waals surface area contributed by atoms with Crippen LogP contribution >= 0.6 is 15.9 Å². The molecule has 1 N–H and O–H groups in total. The molecule has 4 nitrogen and oxygen atoms in total. The highest BCUT2D eigenvalue weighted by Crippen LogP contribution is 2.27. The van der Waals surface area contributed by atoms with Crippen molar-refractivity contribution in [3.8, 4) is 11.6 Å². The Bertz CT molecular complexity index is 557. The van der Waals surface area contributed by atoms with Gasteiger partial charge in [0.05, 0.1) is 10.0 Å². The Hall–Kier alpha value is -1.88. The summed E-state index contributed by atoms with van der Waals surface area (Å²) in [4.78, 5) is 14.8. The van der Waals surface area contributed by atoms with Gasteiger partial charge in [0.25, 0.3) is 0 Å². The van der Waals surface area contributed by atoms with Crippen LogP contribution in [0.1, 0.15) is 10.4 Å². The molecule has 0 aliphatic rings. The molecule has 0 saturated heterocycles. The minimum absolute atomic E-state index is 0.176. The van der Waals surface area contributed by atoms with Crippen LogP contribution in [0.5, 0.6) is 11.6 Å². The quantitative estimate of drug-likeness (QED) is 0.943. The Morgan fingerprint density at radius 1 is 1.29 bits per heavy atom. The van der Waals surface area contributed by atoms with Crippen LogP contribution in [0.4, 0.5) is 0 Å². The molecule has 0 saturated carbocycles. The summed E-state index contributed by atoms with van der Waals surface area (Å²) < 4.78 is 6.19. The van der Waals surface area contributed by atoms with E-state index in [4.69, 9.17) is 9.84 Å². The number of aromatic carboxylic acids is 1.